The average Bonchev–Trinajstić information content (AvgIpc) is 2.60. The number of guanidine groups is 1. The topological polar surface area (TPSA) is 45.7 Å². The second-order valence-electron chi connectivity index (χ2n) is 5.68. The maximum absolute atomic E-state index is 5.26. The van der Waals surface area contributed by atoms with Gasteiger partial charge in [0.25, 0.3) is 0 Å². The molecular formula is C20H28IN3O. The highest BCUT2D eigenvalue weighted by Crippen LogP contribution is 2.11. The molecule has 0 aliphatic heterocycles. The van der Waals surface area contributed by atoms with Crippen molar-refractivity contribution in [2.24, 2.45) is 4.99 Å². The number of halogens is 1. The van der Waals surface area contributed by atoms with Crippen LogP contribution >= 0.6 is 24.0 Å². The van der Waals surface area contributed by atoms with Gasteiger partial charge in [0.05, 0.1) is 13.2 Å². The van der Waals surface area contributed by atoms with Crippen molar-refractivity contribution in [1.29, 1.82) is 0 Å². The van der Waals surface area contributed by atoms with Crippen molar-refractivity contribution in [3.63, 3.8) is 0 Å². The van der Waals surface area contributed by atoms with Crippen LogP contribution in [0, 0.1) is 6.92 Å². The first-order valence-corrected chi connectivity index (χ1v) is 8.37. The molecule has 0 atom stereocenters. The Balaban J connectivity index is 0.00000312. The number of hydrogen-bond donors (Lipinski definition) is 2. The van der Waals surface area contributed by atoms with Gasteiger partial charge >= 0.3 is 0 Å². The van der Waals surface area contributed by atoms with E-state index in [2.05, 4.69) is 60.9 Å². The monoisotopic (exact) mass is 453 g/mol. The van der Waals surface area contributed by atoms with Crippen molar-refractivity contribution < 1.29 is 4.74 Å². The van der Waals surface area contributed by atoms with E-state index < -0.39 is 0 Å². The van der Waals surface area contributed by atoms with Crippen LogP contribution in [0.15, 0.2) is 53.5 Å². The van der Waals surface area contributed by atoms with E-state index in [0.717, 1.165) is 19.0 Å². The lowest BCUT2D eigenvalue weighted by molar-refractivity contribution is 0.184. The molecule has 0 spiro atoms. The predicted octanol–water partition coefficient (Wildman–Crippen LogP) is 4.01. The Kier molecular flexibility index (Phi) is 10.2. The molecule has 0 aliphatic rings. The fourth-order valence-electron chi connectivity index (χ4n) is 2.50. The van der Waals surface area contributed by atoms with Crippen LogP contribution in [-0.4, -0.2) is 19.6 Å². The summed E-state index contributed by atoms with van der Waals surface area (Å²) < 4.78 is 5.26. The summed E-state index contributed by atoms with van der Waals surface area (Å²) in [6.45, 7) is 7.03. The van der Waals surface area contributed by atoms with Crippen molar-refractivity contribution in [2.45, 2.75) is 33.5 Å². The summed E-state index contributed by atoms with van der Waals surface area (Å²) in [6.07, 6.45) is 0. The van der Waals surface area contributed by atoms with Gasteiger partial charge in [0.2, 0.25) is 0 Å². The van der Waals surface area contributed by atoms with Crippen LogP contribution in [0.5, 0.6) is 0 Å². The molecule has 0 aliphatic carbocycles. The summed E-state index contributed by atoms with van der Waals surface area (Å²) in [5.74, 6) is 0.827. The van der Waals surface area contributed by atoms with Crippen LogP contribution in [-0.2, 0) is 24.4 Å². The number of nitrogens with one attached hydrogen (secondary N) is 2. The van der Waals surface area contributed by atoms with E-state index in [1.54, 1.807) is 7.11 Å². The molecule has 0 unspecified atom stereocenters. The Morgan fingerprint density at radius 1 is 0.960 bits per heavy atom. The molecule has 0 amide bonds. The summed E-state index contributed by atoms with van der Waals surface area (Å²) in [6, 6.07) is 16.6. The number of aryl methyl sites for hydroxylation is 1. The van der Waals surface area contributed by atoms with Crippen LogP contribution in [0.3, 0.4) is 0 Å². The predicted molar refractivity (Wildman–Crippen MR) is 115 cm³/mol. The zero-order valence-electron chi connectivity index (χ0n) is 15.2. The average molecular weight is 453 g/mol. The molecule has 0 bridgehead atoms. The Morgan fingerprint density at radius 2 is 1.60 bits per heavy atom. The van der Waals surface area contributed by atoms with E-state index in [9.17, 15) is 0 Å². The molecule has 0 saturated carbocycles. The van der Waals surface area contributed by atoms with Gasteiger partial charge in [-0.3, -0.25) is 0 Å². The fourth-order valence-corrected chi connectivity index (χ4v) is 2.50. The first-order valence-electron chi connectivity index (χ1n) is 8.37. The van der Waals surface area contributed by atoms with E-state index in [-0.39, 0.29) is 24.0 Å². The lowest BCUT2D eigenvalue weighted by atomic mass is 10.1. The SMILES string of the molecule is CCNC(=NCc1ccccc1COC)NCc1ccccc1C.I. The van der Waals surface area contributed by atoms with Crippen molar-refractivity contribution in [3.05, 3.63) is 70.8 Å². The number of aliphatic imine (C=N–C) groups is 1. The number of methoxy groups -OCH3 is 1. The summed E-state index contributed by atoms with van der Waals surface area (Å²) in [7, 11) is 1.72. The van der Waals surface area contributed by atoms with Crippen LogP contribution < -0.4 is 10.6 Å². The molecule has 0 radical (unpaired) electrons. The van der Waals surface area contributed by atoms with Crippen LogP contribution in [0.1, 0.15) is 29.2 Å². The molecule has 136 valence electrons. The Labute approximate surface area is 168 Å². The van der Waals surface area contributed by atoms with Gasteiger partial charge in [0.1, 0.15) is 0 Å². The molecule has 0 aromatic heterocycles. The quantitative estimate of drug-likeness (QED) is 0.378. The number of nitrogens with zero attached hydrogens (tertiary/aromatic N) is 1. The summed E-state index contributed by atoms with van der Waals surface area (Å²) in [5, 5.41) is 6.71. The van der Waals surface area contributed by atoms with Gasteiger partial charge in [-0.25, -0.2) is 4.99 Å². The number of benzene rings is 2. The molecule has 2 aromatic rings. The Bertz CT molecular complexity index is 673. The molecule has 0 saturated heterocycles. The van der Waals surface area contributed by atoms with Crippen molar-refractivity contribution in [2.75, 3.05) is 13.7 Å². The number of hydrogen-bond acceptors (Lipinski definition) is 2. The minimum atomic E-state index is 0. The van der Waals surface area contributed by atoms with Gasteiger partial charge in [-0.1, -0.05) is 48.5 Å². The van der Waals surface area contributed by atoms with Crippen LogP contribution in [0.25, 0.3) is 0 Å². The molecule has 5 heteroatoms. The minimum absolute atomic E-state index is 0. The highest BCUT2D eigenvalue weighted by atomic mass is 127. The normalized spacial score (nSPS) is 10.9. The lowest BCUT2D eigenvalue weighted by Crippen LogP contribution is -2.37. The minimum Gasteiger partial charge on any atom is -0.380 e. The fraction of sp³-hybridized carbons (Fsp3) is 0.350. The molecule has 0 fully saturated rings. The zero-order chi connectivity index (χ0) is 17.2. The second-order valence-corrected chi connectivity index (χ2v) is 5.68. The largest absolute Gasteiger partial charge is 0.380 e. The maximum Gasteiger partial charge on any atom is 0.191 e. The van der Waals surface area contributed by atoms with Crippen molar-refractivity contribution in [3.8, 4) is 0 Å². The molecule has 25 heavy (non-hydrogen) atoms. The van der Waals surface area contributed by atoms with E-state index >= 15 is 0 Å². The molecule has 2 aromatic carbocycles. The van der Waals surface area contributed by atoms with Crippen LogP contribution in [0.2, 0.25) is 0 Å². The van der Waals surface area contributed by atoms with E-state index in [1.165, 1.54) is 22.3 Å². The third kappa shape index (κ3) is 7.04. The van der Waals surface area contributed by atoms with Gasteiger partial charge in [0.15, 0.2) is 5.96 Å². The lowest BCUT2D eigenvalue weighted by Gasteiger charge is -2.13. The van der Waals surface area contributed by atoms with Gasteiger partial charge < -0.3 is 15.4 Å². The van der Waals surface area contributed by atoms with Gasteiger partial charge in [-0.05, 0) is 36.1 Å². The molecule has 2 rings (SSSR count). The smallest absolute Gasteiger partial charge is 0.191 e. The van der Waals surface area contributed by atoms with E-state index in [4.69, 9.17) is 9.73 Å². The molecule has 0 heterocycles. The highest BCUT2D eigenvalue weighted by molar-refractivity contribution is 14.0. The van der Waals surface area contributed by atoms with Crippen molar-refractivity contribution >= 4 is 29.9 Å². The Hall–Kier alpha value is -1.60. The third-order valence-corrected chi connectivity index (χ3v) is 3.88. The van der Waals surface area contributed by atoms with E-state index in [1.807, 2.05) is 12.1 Å². The summed E-state index contributed by atoms with van der Waals surface area (Å²) >= 11 is 0. The summed E-state index contributed by atoms with van der Waals surface area (Å²) in [5.41, 5.74) is 4.93. The third-order valence-electron chi connectivity index (χ3n) is 3.88. The first-order chi connectivity index (χ1) is 11.7. The Morgan fingerprint density at radius 3 is 2.24 bits per heavy atom. The number of ether oxygens (including phenoxy) is 1. The zero-order valence-corrected chi connectivity index (χ0v) is 17.5. The van der Waals surface area contributed by atoms with Crippen LogP contribution in [0.4, 0.5) is 0 Å². The maximum atomic E-state index is 5.26. The van der Waals surface area contributed by atoms with Gasteiger partial charge in [-0.2, -0.15) is 0 Å². The molecular weight excluding hydrogens is 425 g/mol. The standard InChI is InChI=1S/C20H27N3O.HI/c1-4-21-20(22-13-17-10-6-5-9-16(17)2)23-14-18-11-7-8-12-19(18)15-24-3;/h5-12H,4,13-15H2,1-3H3,(H2,21,22,23);1H. The van der Waals surface area contributed by atoms with Gasteiger partial charge in [-0.15, -0.1) is 24.0 Å². The molecule has 2 N–H and O–H groups in total. The highest BCUT2D eigenvalue weighted by Gasteiger charge is 2.03. The van der Waals surface area contributed by atoms with Gasteiger partial charge in [0, 0.05) is 20.2 Å². The molecule has 4 nitrogen and oxygen atoms in total. The summed E-state index contributed by atoms with van der Waals surface area (Å²) in [4.78, 5) is 4.71. The number of rotatable bonds is 7. The van der Waals surface area contributed by atoms with E-state index in [0.29, 0.717) is 13.2 Å². The second kappa shape index (κ2) is 11.9. The van der Waals surface area contributed by atoms with Crippen molar-refractivity contribution in [1.82, 2.24) is 10.6 Å². The first kappa shape index (κ1) is 21.4.